The van der Waals surface area contributed by atoms with Crippen LogP contribution in [0.15, 0.2) is 30.5 Å². The highest BCUT2D eigenvalue weighted by atomic mass is 16.5. The zero-order valence-corrected chi connectivity index (χ0v) is 11.8. The van der Waals surface area contributed by atoms with Crippen molar-refractivity contribution in [2.24, 2.45) is 0 Å². The lowest BCUT2D eigenvalue weighted by atomic mass is 9.97. The quantitative estimate of drug-likeness (QED) is 0.831. The molecule has 20 heavy (non-hydrogen) atoms. The fraction of sp³-hybridized carbons (Fsp3) is 0.400. The van der Waals surface area contributed by atoms with E-state index in [9.17, 15) is 15.0 Å². The van der Waals surface area contributed by atoms with Crippen LogP contribution in [0.5, 0.6) is 0 Å². The van der Waals surface area contributed by atoms with Gasteiger partial charge in [0.1, 0.15) is 0 Å². The van der Waals surface area contributed by atoms with Crippen LogP contribution in [0.2, 0.25) is 0 Å². The van der Waals surface area contributed by atoms with Gasteiger partial charge in [-0.05, 0) is 19.9 Å². The zero-order chi connectivity index (χ0) is 14.9. The second kappa shape index (κ2) is 5.26. The molecule has 0 saturated carbocycles. The molecule has 2 rings (SSSR count). The van der Waals surface area contributed by atoms with Gasteiger partial charge in [0.15, 0.2) is 0 Å². The minimum atomic E-state index is -0.941. The molecule has 0 fully saturated rings. The van der Waals surface area contributed by atoms with Crippen molar-refractivity contribution in [3.05, 3.63) is 36.0 Å². The van der Waals surface area contributed by atoms with Crippen LogP contribution < -0.4 is 0 Å². The maximum absolute atomic E-state index is 11.9. The third-order valence-electron chi connectivity index (χ3n) is 3.73. The van der Waals surface area contributed by atoms with E-state index in [0.717, 1.165) is 10.9 Å². The minimum Gasteiger partial charge on any atom is -0.465 e. The molecule has 0 radical (unpaired) electrons. The molecule has 1 aromatic heterocycles. The number of rotatable bonds is 4. The number of para-hydroxylation sites is 1. The Bertz CT molecular complexity index is 630. The molecule has 1 heterocycles. The van der Waals surface area contributed by atoms with Crippen molar-refractivity contribution < 1.29 is 19.7 Å². The lowest BCUT2D eigenvalue weighted by Crippen LogP contribution is -2.41. The first-order chi connectivity index (χ1) is 9.43. The van der Waals surface area contributed by atoms with Crippen molar-refractivity contribution in [1.82, 2.24) is 4.57 Å². The molecule has 0 aliphatic rings. The second-order valence-corrected chi connectivity index (χ2v) is 5.27. The van der Waals surface area contributed by atoms with Gasteiger partial charge in [-0.25, -0.2) is 4.79 Å². The monoisotopic (exact) mass is 277 g/mol. The van der Waals surface area contributed by atoms with E-state index in [1.54, 1.807) is 24.6 Å². The summed E-state index contributed by atoms with van der Waals surface area (Å²) in [5.41, 5.74) is 0.507. The molecule has 1 atom stereocenters. The Kier molecular flexibility index (Phi) is 3.83. The van der Waals surface area contributed by atoms with Crippen molar-refractivity contribution in [1.29, 1.82) is 0 Å². The van der Waals surface area contributed by atoms with Crippen LogP contribution in [-0.4, -0.2) is 40.6 Å². The van der Waals surface area contributed by atoms with Gasteiger partial charge in [-0.2, -0.15) is 0 Å². The fourth-order valence-corrected chi connectivity index (χ4v) is 2.31. The number of carbonyl (C=O) groups is 1. The predicted molar refractivity (Wildman–Crippen MR) is 75.7 cm³/mol. The maximum atomic E-state index is 11.9. The van der Waals surface area contributed by atoms with Crippen LogP contribution in [0, 0.1) is 0 Å². The van der Waals surface area contributed by atoms with Gasteiger partial charge in [-0.1, -0.05) is 18.2 Å². The Morgan fingerprint density at radius 2 is 2.05 bits per heavy atom. The minimum absolute atomic E-state index is 0.354. The first-order valence-electron chi connectivity index (χ1n) is 6.41. The van der Waals surface area contributed by atoms with Crippen LogP contribution >= 0.6 is 0 Å². The highest BCUT2D eigenvalue weighted by molar-refractivity contribution is 6.04. The van der Waals surface area contributed by atoms with Gasteiger partial charge in [-0.15, -0.1) is 0 Å². The van der Waals surface area contributed by atoms with Gasteiger partial charge in [0.25, 0.3) is 0 Å². The molecule has 0 saturated heterocycles. The number of fused-ring (bicyclic) bond motifs is 1. The van der Waals surface area contributed by atoms with Crippen molar-refractivity contribution in [3.8, 4) is 0 Å². The fourth-order valence-electron chi connectivity index (χ4n) is 2.31. The zero-order valence-electron chi connectivity index (χ0n) is 11.8. The van der Waals surface area contributed by atoms with Gasteiger partial charge in [-0.3, -0.25) is 0 Å². The van der Waals surface area contributed by atoms with Crippen LogP contribution in [0.3, 0.4) is 0 Å². The first kappa shape index (κ1) is 14.6. The number of hydrogen-bond donors (Lipinski definition) is 2. The molecule has 0 unspecified atom stereocenters. The summed E-state index contributed by atoms with van der Waals surface area (Å²) in [5.74, 6) is -0.422. The number of methoxy groups -OCH3 is 1. The number of aliphatic hydroxyl groups is 2. The van der Waals surface area contributed by atoms with E-state index >= 15 is 0 Å². The van der Waals surface area contributed by atoms with Gasteiger partial charge < -0.3 is 19.5 Å². The lowest BCUT2D eigenvalue weighted by molar-refractivity contribution is 0.0122. The summed E-state index contributed by atoms with van der Waals surface area (Å²) in [6.45, 7) is 3.26. The first-order valence-corrected chi connectivity index (χ1v) is 6.41. The summed E-state index contributed by atoms with van der Waals surface area (Å²) in [6, 6.07) is 7.41. The van der Waals surface area contributed by atoms with Gasteiger partial charge in [0.05, 0.1) is 30.9 Å². The molecule has 2 N–H and O–H groups in total. The number of aromatic nitrogens is 1. The highest BCUT2D eigenvalue weighted by Crippen LogP contribution is 2.30. The molecule has 0 aliphatic heterocycles. The summed E-state index contributed by atoms with van der Waals surface area (Å²) >= 11 is 0. The van der Waals surface area contributed by atoms with Gasteiger partial charge in [0, 0.05) is 17.1 Å². The van der Waals surface area contributed by atoms with E-state index in [2.05, 4.69) is 0 Å². The summed E-state index contributed by atoms with van der Waals surface area (Å²) in [4.78, 5) is 11.9. The Morgan fingerprint density at radius 1 is 1.40 bits per heavy atom. The average molecular weight is 277 g/mol. The van der Waals surface area contributed by atoms with Crippen molar-refractivity contribution in [3.63, 3.8) is 0 Å². The normalized spacial score (nSPS) is 13.4. The molecule has 0 aliphatic carbocycles. The Morgan fingerprint density at radius 3 is 2.65 bits per heavy atom. The summed E-state index contributed by atoms with van der Waals surface area (Å²) in [6.07, 6.45) is 0.721. The smallest absolute Gasteiger partial charge is 0.340 e. The van der Waals surface area contributed by atoms with Gasteiger partial charge in [0.2, 0.25) is 0 Å². The van der Waals surface area contributed by atoms with Gasteiger partial charge >= 0.3 is 5.97 Å². The Labute approximate surface area is 117 Å². The maximum Gasteiger partial charge on any atom is 0.340 e. The molecule has 108 valence electrons. The molecule has 0 bridgehead atoms. The van der Waals surface area contributed by atoms with E-state index in [0.29, 0.717) is 5.56 Å². The number of carbonyl (C=O) groups excluding carboxylic acids is 1. The average Bonchev–Trinajstić information content (AvgIpc) is 2.85. The molecule has 1 aromatic carbocycles. The number of ether oxygens (including phenoxy) is 1. The largest absolute Gasteiger partial charge is 0.465 e. The van der Waals surface area contributed by atoms with E-state index in [4.69, 9.17) is 4.74 Å². The highest BCUT2D eigenvalue weighted by Gasteiger charge is 2.31. The van der Waals surface area contributed by atoms with E-state index in [1.165, 1.54) is 7.11 Å². The third kappa shape index (κ3) is 2.19. The Hall–Kier alpha value is -1.85. The summed E-state index contributed by atoms with van der Waals surface area (Å²) in [7, 11) is 1.34. The molecule has 0 spiro atoms. The standard InChI is InChI=1S/C15H19NO4/c1-15(2,13(18)9-17)16-8-11(14(19)20-3)10-6-4-5-7-12(10)16/h4-8,13,17-18H,9H2,1-3H3/t13-/m1/s1. The molecule has 5 nitrogen and oxygen atoms in total. The van der Waals surface area contributed by atoms with E-state index in [-0.39, 0.29) is 6.61 Å². The van der Waals surface area contributed by atoms with Crippen molar-refractivity contribution in [2.45, 2.75) is 25.5 Å². The van der Waals surface area contributed by atoms with E-state index < -0.39 is 17.6 Å². The molecular formula is C15H19NO4. The van der Waals surface area contributed by atoms with Crippen LogP contribution in [0.25, 0.3) is 10.9 Å². The molecular weight excluding hydrogens is 258 g/mol. The molecule has 2 aromatic rings. The summed E-state index contributed by atoms with van der Waals surface area (Å²) < 4.78 is 6.59. The SMILES string of the molecule is COC(=O)c1cn(C(C)(C)[C@H](O)CO)c2ccccc12. The second-order valence-electron chi connectivity index (χ2n) is 5.27. The van der Waals surface area contributed by atoms with E-state index in [1.807, 2.05) is 24.3 Å². The van der Waals surface area contributed by atoms with Crippen LogP contribution in [0.1, 0.15) is 24.2 Å². The predicted octanol–water partition coefficient (Wildman–Crippen LogP) is 1.52. The Balaban J connectivity index is 2.69. The van der Waals surface area contributed by atoms with Crippen molar-refractivity contribution >= 4 is 16.9 Å². The number of nitrogens with zero attached hydrogens (tertiary/aromatic N) is 1. The third-order valence-corrected chi connectivity index (χ3v) is 3.73. The number of benzene rings is 1. The number of esters is 1. The summed E-state index contributed by atoms with van der Waals surface area (Å²) in [5, 5.41) is 20.0. The topological polar surface area (TPSA) is 71.7 Å². The van der Waals surface area contributed by atoms with Crippen molar-refractivity contribution in [2.75, 3.05) is 13.7 Å². The lowest BCUT2D eigenvalue weighted by Gasteiger charge is -2.32. The molecule has 0 amide bonds. The van der Waals surface area contributed by atoms with Crippen LogP contribution in [-0.2, 0) is 10.3 Å². The number of aliphatic hydroxyl groups excluding tert-OH is 2. The number of hydrogen-bond acceptors (Lipinski definition) is 4. The van der Waals surface area contributed by atoms with Crippen LogP contribution in [0.4, 0.5) is 0 Å². The molecule has 5 heteroatoms.